The Morgan fingerprint density at radius 1 is 1.43 bits per heavy atom. The number of nitrogens with zero attached hydrogens (tertiary/aromatic N) is 3. The van der Waals surface area contributed by atoms with Gasteiger partial charge in [-0.05, 0) is 46.6 Å². The van der Waals surface area contributed by atoms with E-state index in [9.17, 15) is 4.79 Å². The third-order valence-electron chi connectivity index (χ3n) is 3.07. The summed E-state index contributed by atoms with van der Waals surface area (Å²) in [4.78, 5) is 22.1. The Balaban J connectivity index is 1.93. The Morgan fingerprint density at radius 3 is 2.86 bits per heavy atom. The van der Waals surface area contributed by atoms with E-state index < -0.39 is 5.60 Å². The van der Waals surface area contributed by atoms with E-state index in [2.05, 4.69) is 9.97 Å². The summed E-state index contributed by atoms with van der Waals surface area (Å²) < 4.78 is 11.2. The van der Waals surface area contributed by atoms with Gasteiger partial charge >= 0.3 is 12.1 Å². The summed E-state index contributed by atoms with van der Waals surface area (Å²) in [5, 5.41) is 0. The van der Waals surface area contributed by atoms with Crippen molar-refractivity contribution >= 4 is 6.09 Å². The molecule has 6 heteroatoms. The molecule has 21 heavy (non-hydrogen) atoms. The molecule has 1 fully saturated rings. The van der Waals surface area contributed by atoms with Gasteiger partial charge in [0.1, 0.15) is 11.7 Å². The van der Waals surface area contributed by atoms with E-state index in [0.717, 1.165) is 18.5 Å². The lowest BCUT2D eigenvalue weighted by Gasteiger charge is -2.33. The highest BCUT2D eigenvalue weighted by molar-refractivity contribution is 5.68. The number of carbonyl (C=O) groups is 1. The molecular weight excluding hydrogens is 270 g/mol. The van der Waals surface area contributed by atoms with Gasteiger partial charge in [-0.15, -0.1) is 0 Å². The zero-order valence-corrected chi connectivity index (χ0v) is 13.1. The second-order valence-corrected chi connectivity index (χ2v) is 6.29. The van der Waals surface area contributed by atoms with Gasteiger partial charge in [0.25, 0.3) is 0 Å². The third kappa shape index (κ3) is 4.88. The highest BCUT2D eigenvalue weighted by atomic mass is 16.6. The van der Waals surface area contributed by atoms with Gasteiger partial charge in [0, 0.05) is 18.4 Å². The first kappa shape index (κ1) is 15.5. The fourth-order valence-corrected chi connectivity index (χ4v) is 2.16. The molecule has 1 aliphatic heterocycles. The van der Waals surface area contributed by atoms with E-state index in [-0.39, 0.29) is 12.2 Å². The Labute approximate surface area is 125 Å². The number of amides is 1. The number of carbonyl (C=O) groups excluding carboxylic acids is 1. The van der Waals surface area contributed by atoms with Crippen LogP contribution in [0.2, 0.25) is 0 Å². The summed E-state index contributed by atoms with van der Waals surface area (Å²) in [6.45, 7) is 8.69. The van der Waals surface area contributed by atoms with Gasteiger partial charge < -0.3 is 14.4 Å². The molecule has 0 spiro atoms. The summed E-state index contributed by atoms with van der Waals surface area (Å²) in [5.41, 5.74) is 0.379. The standard InChI is InChI=1S/C15H23N3O3/c1-11-7-8-16-13(17-11)20-12-6-5-9-18(10-12)14(19)21-15(2,3)4/h7-8,12H,5-6,9-10H2,1-4H3/t12-/m0/s1. The van der Waals surface area contributed by atoms with Crippen molar-refractivity contribution in [3.63, 3.8) is 0 Å². The average molecular weight is 293 g/mol. The van der Waals surface area contributed by atoms with Gasteiger partial charge in [0.2, 0.25) is 0 Å². The molecule has 0 bridgehead atoms. The molecule has 6 nitrogen and oxygen atoms in total. The minimum atomic E-state index is -0.482. The maximum atomic E-state index is 12.1. The van der Waals surface area contributed by atoms with Crippen LogP contribution in [0.25, 0.3) is 0 Å². The first-order chi connectivity index (χ1) is 9.83. The minimum Gasteiger partial charge on any atom is -0.458 e. The van der Waals surface area contributed by atoms with Crippen LogP contribution >= 0.6 is 0 Å². The van der Waals surface area contributed by atoms with E-state index in [1.165, 1.54) is 0 Å². The highest BCUT2D eigenvalue weighted by Crippen LogP contribution is 2.18. The fraction of sp³-hybridized carbons (Fsp3) is 0.667. The number of hydrogen-bond acceptors (Lipinski definition) is 5. The Hall–Kier alpha value is -1.85. The molecule has 0 aliphatic carbocycles. The molecule has 0 saturated carbocycles. The van der Waals surface area contributed by atoms with Crippen molar-refractivity contribution in [1.29, 1.82) is 0 Å². The molecule has 1 aromatic heterocycles. The van der Waals surface area contributed by atoms with E-state index in [1.54, 1.807) is 11.1 Å². The summed E-state index contributed by atoms with van der Waals surface area (Å²) in [6.07, 6.45) is 3.06. The number of likely N-dealkylation sites (tertiary alicyclic amines) is 1. The van der Waals surface area contributed by atoms with Gasteiger partial charge in [-0.3, -0.25) is 0 Å². The van der Waals surface area contributed by atoms with Crippen LogP contribution in [0.1, 0.15) is 39.3 Å². The van der Waals surface area contributed by atoms with Crippen molar-refractivity contribution in [2.24, 2.45) is 0 Å². The first-order valence-corrected chi connectivity index (χ1v) is 7.28. The Morgan fingerprint density at radius 2 is 2.19 bits per heavy atom. The van der Waals surface area contributed by atoms with E-state index in [0.29, 0.717) is 19.1 Å². The number of aryl methyl sites for hydroxylation is 1. The van der Waals surface area contributed by atoms with Crippen molar-refractivity contribution in [2.75, 3.05) is 13.1 Å². The Bertz CT molecular complexity index is 499. The lowest BCUT2D eigenvalue weighted by atomic mass is 10.1. The molecule has 1 atom stereocenters. The van der Waals surface area contributed by atoms with Crippen LogP contribution in [-0.2, 0) is 4.74 Å². The molecule has 1 saturated heterocycles. The first-order valence-electron chi connectivity index (χ1n) is 7.28. The predicted molar refractivity (Wildman–Crippen MR) is 78.2 cm³/mol. The van der Waals surface area contributed by atoms with Crippen molar-refractivity contribution in [3.05, 3.63) is 18.0 Å². The smallest absolute Gasteiger partial charge is 0.410 e. The molecule has 0 radical (unpaired) electrons. The highest BCUT2D eigenvalue weighted by Gasteiger charge is 2.28. The topological polar surface area (TPSA) is 64.5 Å². The van der Waals surface area contributed by atoms with Gasteiger partial charge in [-0.2, -0.15) is 0 Å². The molecule has 0 N–H and O–H groups in total. The number of ether oxygens (including phenoxy) is 2. The molecular formula is C15H23N3O3. The fourth-order valence-electron chi connectivity index (χ4n) is 2.16. The van der Waals surface area contributed by atoms with Crippen molar-refractivity contribution in [1.82, 2.24) is 14.9 Å². The van der Waals surface area contributed by atoms with Crippen molar-refractivity contribution < 1.29 is 14.3 Å². The van der Waals surface area contributed by atoms with Crippen LogP contribution < -0.4 is 4.74 Å². The molecule has 2 heterocycles. The van der Waals surface area contributed by atoms with Crippen LogP contribution in [0.5, 0.6) is 6.01 Å². The van der Waals surface area contributed by atoms with Gasteiger partial charge in [-0.1, -0.05) is 0 Å². The maximum absolute atomic E-state index is 12.1. The van der Waals surface area contributed by atoms with E-state index >= 15 is 0 Å². The zero-order chi connectivity index (χ0) is 15.5. The average Bonchev–Trinajstić information content (AvgIpc) is 2.37. The number of piperidine rings is 1. The van der Waals surface area contributed by atoms with Crippen LogP contribution in [-0.4, -0.2) is 45.8 Å². The number of aromatic nitrogens is 2. The normalized spacial score (nSPS) is 19.2. The second kappa shape index (κ2) is 6.28. The van der Waals surface area contributed by atoms with E-state index in [4.69, 9.17) is 9.47 Å². The summed E-state index contributed by atoms with van der Waals surface area (Å²) in [6, 6.07) is 2.19. The molecule has 1 aliphatic rings. The molecule has 2 rings (SSSR count). The number of rotatable bonds is 2. The predicted octanol–water partition coefficient (Wildman–Crippen LogP) is 2.56. The van der Waals surface area contributed by atoms with Gasteiger partial charge in [0.15, 0.2) is 0 Å². The molecule has 116 valence electrons. The van der Waals surface area contributed by atoms with E-state index in [1.807, 2.05) is 33.8 Å². The minimum absolute atomic E-state index is 0.0898. The van der Waals surface area contributed by atoms with Crippen LogP contribution in [0, 0.1) is 6.92 Å². The second-order valence-electron chi connectivity index (χ2n) is 6.29. The zero-order valence-electron chi connectivity index (χ0n) is 13.1. The lowest BCUT2D eigenvalue weighted by Crippen LogP contribution is -2.46. The lowest BCUT2D eigenvalue weighted by molar-refractivity contribution is 0.00658. The van der Waals surface area contributed by atoms with Crippen molar-refractivity contribution in [2.45, 2.75) is 52.2 Å². The molecule has 0 aromatic carbocycles. The monoisotopic (exact) mass is 293 g/mol. The van der Waals surface area contributed by atoms with Crippen molar-refractivity contribution in [3.8, 4) is 6.01 Å². The Kier molecular flexibility index (Phi) is 4.65. The van der Waals surface area contributed by atoms with Crippen LogP contribution in [0.4, 0.5) is 4.79 Å². The third-order valence-corrected chi connectivity index (χ3v) is 3.07. The summed E-state index contributed by atoms with van der Waals surface area (Å²) in [7, 11) is 0. The largest absolute Gasteiger partial charge is 0.458 e. The molecule has 1 aromatic rings. The summed E-state index contributed by atoms with van der Waals surface area (Å²) >= 11 is 0. The quantitative estimate of drug-likeness (QED) is 0.838. The van der Waals surface area contributed by atoms with Crippen LogP contribution in [0.15, 0.2) is 12.3 Å². The number of hydrogen-bond donors (Lipinski definition) is 0. The van der Waals surface area contributed by atoms with Gasteiger partial charge in [-0.25, -0.2) is 14.8 Å². The van der Waals surface area contributed by atoms with Gasteiger partial charge in [0.05, 0.1) is 6.54 Å². The molecule has 0 unspecified atom stereocenters. The van der Waals surface area contributed by atoms with Crippen LogP contribution in [0.3, 0.4) is 0 Å². The maximum Gasteiger partial charge on any atom is 0.410 e. The summed E-state index contributed by atoms with van der Waals surface area (Å²) in [5.74, 6) is 0. The molecule has 1 amide bonds. The SMILES string of the molecule is Cc1ccnc(O[C@H]2CCCN(C(=O)OC(C)(C)C)C2)n1.